The first-order valence-corrected chi connectivity index (χ1v) is 14.6. The van der Waals surface area contributed by atoms with Crippen LogP contribution in [0.1, 0.15) is 111 Å². The maximum absolute atomic E-state index is 12.7. The van der Waals surface area contributed by atoms with E-state index in [1.165, 1.54) is 12.1 Å². The molecule has 6 rings (SSSR count). The number of carbonyl (C=O) groups is 6. The number of halogens is 1. The molecule has 4 aliphatic rings. The highest BCUT2D eigenvalue weighted by Gasteiger charge is 2.54. The topological polar surface area (TPSA) is 161 Å². The zero-order valence-electron chi connectivity index (χ0n) is 23.4. The van der Waals surface area contributed by atoms with E-state index in [9.17, 15) is 28.8 Å². The summed E-state index contributed by atoms with van der Waals surface area (Å²) in [5, 5.41) is 0.383. The van der Waals surface area contributed by atoms with Crippen molar-refractivity contribution in [2.75, 3.05) is 0 Å². The van der Waals surface area contributed by atoms with Crippen molar-refractivity contribution in [3.05, 3.63) is 69.2 Å². The van der Waals surface area contributed by atoms with E-state index in [4.69, 9.17) is 23.1 Å². The van der Waals surface area contributed by atoms with E-state index in [1.807, 2.05) is 6.92 Å². The van der Waals surface area contributed by atoms with Crippen LogP contribution in [0.15, 0.2) is 36.4 Å². The Morgan fingerprint density at radius 3 is 1.43 bits per heavy atom. The fourth-order valence-corrected chi connectivity index (χ4v) is 6.95. The third-order valence-electron chi connectivity index (χ3n) is 9.03. The summed E-state index contributed by atoms with van der Waals surface area (Å²) in [6.45, 7) is 1.87. The Balaban J connectivity index is 0.000000168. The number of fused-ring (bicyclic) bond motifs is 2. The third-order valence-corrected chi connectivity index (χ3v) is 9.26. The Labute approximate surface area is 248 Å². The molecule has 0 aromatic heterocycles. The summed E-state index contributed by atoms with van der Waals surface area (Å²) in [5.41, 5.74) is 11.0. The number of amides is 6. The van der Waals surface area contributed by atoms with Gasteiger partial charge in [0.05, 0.1) is 22.3 Å². The van der Waals surface area contributed by atoms with Crippen LogP contribution in [0.5, 0.6) is 0 Å². The molecule has 220 valence electrons. The maximum atomic E-state index is 12.7. The molecule has 42 heavy (non-hydrogen) atoms. The molecule has 2 fully saturated rings. The van der Waals surface area contributed by atoms with E-state index in [1.54, 1.807) is 24.3 Å². The van der Waals surface area contributed by atoms with E-state index >= 15 is 0 Å². The second-order valence-corrected chi connectivity index (χ2v) is 12.0. The van der Waals surface area contributed by atoms with Crippen LogP contribution in [-0.4, -0.2) is 56.3 Å². The second-order valence-electron chi connectivity index (χ2n) is 11.5. The van der Waals surface area contributed by atoms with E-state index in [0.29, 0.717) is 41.8 Å². The lowest BCUT2D eigenvalue weighted by Crippen LogP contribution is -2.60. The number of aryl methyl sites for hydroxylation is 1. The van der Waals surface area contributed by atoms with Crippen LogP contribution in [0.4, 0.5) is 0 Å². The quantitative estimate of drug-likeness (QED) is 0.512. The van der Waals surface area contributed by atoms with Crippen molar-refractivity contribution in [3.63, 3.8) is 0 Å². The molecular weight excluding hydrogens is 560 g/mol. The Morgan fingerprint density at radius 2 is 1.00 bits per heavy atom. The molecular formula is C31H33ClN4O6. The molecule has 2 saturated carbocycles. The largest absolute Gasteiger partial charge is 0.368 e. The van der Waals surface area contributed by atoms with Crippen molar-refractivity contribution in [3.8, 4) is 0 Å². The number of rotatable bonds is 4. The van der Waals surface area contributed by atoms with Gasteiger partial charge >= 0.3 is 0 Å². The molecule has 2 aromatic carbocycles. The van der Waals surface area contributed by atoms with Gasteiger partial charge in [-0.1, -0.05) is 61.8 Å². The molecule has 11 heteroatoms. The van der Waals surface area contributed by atoms with Crippen LogP contribution in [-0.2, 0) is 9.59 Å². The number of imide groups is 2. The monoisotopic (exact) mass is 592 g/mol. The standard InChI is InChI=1S/C16H18N2O3.C15H15ClN2O3/c1-10-5-6-11-12(9-10)14(20)18(13(11)19)16(15(17)21)7-3-2-4-8-16;16-9-4-5-10-11(8-9)13(20)18(12(10)19)15(14(17)21)6-2-1-3-7-15/h5-6,9H,2-4,7-8H2,1H3,(H2,17,21);4-5,8H,1-3,6-7H2,(H2,17,21). The molecule has 2 heterocycles. The van der Waals surface area contributed by atoms with Gasteiger partial charge in [-0.25, -0.2) is 0 Å². The van der Waals surface area contributed by atoms with Crippen LogP contribution >= 0.6 is 11.6 Å². The van der Waals surface area contributed by atoms with Gasteiger partial charge in [-0.3, -0.25) is 38.6 Å². The molecule has 0 radical (unpaired) electrons. The summed E-state index contributed by atoms with van der Waals surface area (Å²) >= 11 is 5.89. The van der Waals surface area contributed by atoms with Crippen molar-refractivity contribution in [1.29, 1.82) is 0 Å². The normalized spacial score (nSPS) is 20.5. The van der Waals surface area contributed by atoms with E-state index in [2.05, 4.69) is 0 Å². The fourth-order valence-electron chi connectivity index (χ4n) is 6.78. The molecule has 10 nitrogen and oxygen atoms in total. The lowest BCUT2D eigenvalue weighted by Gasteiger charge is -2.40. The van der Waals surface area contributed by atoms with E-state index < -0.39 is 40.6 Å². The second kappa shape index (κ2) is 11.0. The van der Waals surface area contributed by atoms with Crippen molar-refractivity contribution < 1.29 is 28.8 Å². The lowest BCUT2D eigenvalue weighted by atomic mass is 9.79. The minimum atomic E-state index is -1.20. The molecule has 2 aliphatic carbocycles. The number of nitrogens with two attached hydrogens (primary N) is 2. The zero-order valence-corrected chi connectivity index (χ0v) is 24.2. The van der Waals surface area contributed by atoms with Gasteiger partial charge in [0.1, 0.15) is 11.1 Å². The minimum absolute atomic E-state index is 0.249. The highest BCUT2D eigenvalue weighted by molar-refractivity contribution is 6.32. The molecule has 0 saturated heterocycles. The van der Waals surface area contributed by atoms with Crippen LogP contribution in [0.3, 0.4) is 0 Å². The molecule has 0 unspecified atom stereocenters. The lowest BCUT2D eigenvalue weighted by molar-refractivity contribution is -0.129. The van der Waals surface area contributed by atoms with Crippen molar-refractivity contribution in [1.82, 2.24) is 9.80 Å². The highest BCUT2D eigenvalue weighted by Crippen LogP contribution is 2.40. The first-order valence-electron chi connectivity index (χ1n) is 14.2. The maximum Gasteiger partial charge on any atom is 0.262 e. The molecule has 0 spiro atoms. The van der Waals surface area contributed by atoms with Gasteiger partial charge in [0.2, 0.25) is 11.8 Å². The number of hydrogen-bond acceptors (Lipinski definition) is 6. The SMILES string of the molecule is Cc1ccc2c(c1)C(=O)N(C1(C(N)=O)CCCCC1)C2=O.NC(=O)C1(N2C(=O)c3ccc(Cl)cc3C2=O)CCCCC1. The highest BCUT2D eigenvalue weighted by atomic mass is 35.5. The average Bonchev–Trinajstić information content (AvgIpc) is 3.37. The summed E-state index contributed by atoms with van der Waals surface area (Å²) < 4.78 is 0. The molecule has 2 aromatic rings. The fraction of sp³-hybridized carbons (Fsp3) is 0.419. The number of primary amides is 2. The average molecular weight is 593 g/mol. The Kier molecular flexibility index (Phi) is 7.70. The van der Waals surface area contributed by atoms with Gasteiger partial charge in [0.15, 0.2) is 0 Å². The first kappa shape index (κ1) is 29.4. The Hall–Kier alpha value is -4.05. The molecule has 2 aliphatic heterocycles. The number of carbonyl (C=O) groups excluding carboxylic acids is 6. The molecule has 0 atom stereocenters. The van der Waals surface area contributed by atoms with Gasteiger partial charge in [-0.15, -0.1) is 0 Å². The molecule has 4 N–H and O–H groups in total. The van der Waals surface area contributed by atoms with Crippen LogP contribution in [0.2, 0.25) is 5.02 Å². The van der Waals surface area contributed by atoms with Crippen molar-refractivity contribution >= 4 is 47.0 Å². The van der Waals surface area contributed by atoms with Crippen LogP contribution in [0, 0.1) is 6.92 Å². The van der Waals surface area contributed by atoms with Crippen LogP contribution < -0.4 is 11.5 Å². The van der Waals surface area contributed by atoms with E-state index in [-0.39, 0.29) is 17.0 Å². The van der Waals surface area contributed by atoms with Crippen LogP contribution in [0.25, 0.3) is 0 Å². The summed E-state index contributed by atoms with van der Waals surface area (Å²) in [6.07, 6.45) is 6.92. The third kappa shape index (κ3) is 4.58. The van der Waals surface area contributed by atoms with Gasteiger partial charge in [0, 0.05) is 5.02 Å². The van der Waals surface area contributed by atoms with Crippen molar-refractivity contribution in [2.45, 2.75) is 82.2 Å². The Morgan fingerprint density at radius 1 is 0.619 bits per heavy atom. The zero-order chi connectivity index (χ0) is 30.4. The van der Waals surface area contributed by atoms with Gasteiger partial charge in [-0.2, -0.15) is 0 Å². The predicted molar refractivity (Wildman–Crippen MR) is 154 cm³/mol. The first-order chi connectivity index (χ1) is 19.9. The predicted octanol–water partition coefficient (Wildman–Crippen LogP) is 3.90. The summed E-state index contributed by atoms with van der Waals surface area (Å²) in [7, 11) is 0. The van der Waals surface area contributed by atoms with Gasteiger partial charge < -0.3 is 11.5 Å². The summed E-state index contributed by atoms with van der Waals surface area (Å²) in [4.78, 5) is 76.7. The molecule has 6 amide bonds. The number of hydrogen-bond donors (Lipinski definition) is 2. The van der Waals surface area contributed by atoms with Crippen molar-refractivity contribution in [2.24, 2.45) is 11.5 Å². The van der Waals surface area contributed by atoms with E-state index in [0.717, 1.165) is 53.9 Å². The smallest absolute Gasteiger partial charge is 0.262 e. The Bertz CT molecular complexity index is 1410. The number of nitrogens with zero attached hydrogens (tertiary/aromatic N) is 2. The molecule has 0 bridgehead atoms. The summed E-state index contributed by atoms with van der Waals surface area (Å²) in [5.74, 6) is -2.89. The minimum Gasteiger partial charge on any atom is -0.368 e. The number of benzene rings is 2. The van der Waals surface area contributed by atoms with Gasteiger partial charge in [-0.05, 0) is 62.9 Å². The van der Waals surface area contributed by atoms with Gasteiger partial charge in [0.25, 0.3) is 23.6 Å². The summed E-state index contributed by atoms with van der Waals surface area (Å²) in [6, 6.07) is 9.71.